The van der Waals surface area contributed by atoms with Gasteiger partial charge in [-0.15, -0.1) is 11.3 Å². The van der Waals surface area contributed by atoms with Crippen molar-refractivity contribution in [1.29, 1.82) is 0 Å². The SMILES string of the molecule is Cc1c(C(=O)CSc2ncnc3sccc23)oc2ccccc12. The van der Waals surface area contributed by atoms with Crippen molar-refractivity contribution in [1.82, 2.24) is 9.97 Å². The first-order valence-corrected chi connectivity index (χ1v) is 8.93. The van der Waals surface area contributed by atoms with E-state index in [9.17, 15) is 4.79 Å². The van der Waals surface area contributed by atoms with Gasteiger partial charge in [-0.2, -0.15) is 0 Å². The first kappa shape index (κ1) is 14.4. The van der Waals surface area contributed by atoms with Crippen LogP contribution in [0, 0.1) is 6.92 Å². The number of furan rings is 1. The minimum Gasteiger partial charge on any atom is -0.453 e. The predicted octanol–water partition coefficient (Wildman–Crippen LogP) is 4.72. The van der Waals surface area contributed by atoms with Gasteiger partial charge in [0.1, 0.15) is 21.8 Å². The molecule has 3 aromatic heterocycles. The van der Waals surface area contributed by atoms with Crippen molar-refractivity contribution < 1.29 is 9.21 Å². The molecule has 0 amide bonds. The van der Waals surface area contributed by atoms with Crippen LogP contribution in [0.15, 0.2) is 51.5 Å². The Morgan fingerprint density at radius 2 is 2.09 bits per heavy atom. The van der Waals surface area contributed by atoms with Crippen molar-refractivity contribution in [2.75, 3.05) is 5.75 Å². The third-order valence-electron chi connectivity index (χ3n) is 3.66. The van der Waals surface area contributed by atoms with E-state index in [0.29, 0.717) is 11.5 Å². The van der Waals surface area contributed by atoms with Gasteiger partial charge in [0.2, 0.25) is 5.78 Å². The number of carbonyl (C=O) groups is 1. The molecule has 0 fully saturated rings. The van der Waals surface area contributed by atoms with E-state index in [1.54, 1.807) is 11.3 Å². The highest BCUT2D eigenvalue weighted by molar-refractivity contribution is 8.00. The van der Waals surface area contributed by atoms with E-state index >= 15 is 0 Å². The molecule has 0 atom stereocenters. The number of nitrogens with zero attached hydrogens (tertiary/aromatic N) is 2. The second kappa shape index (κ2) is 5.79. The van der Waals surface area contributed by atoms with Crippen LogP contribution in [0.4, 0.5) is 0 Å². The van der Waals surface area contributed by atoms with Crippen molar-refractivity contribution >= 4 is 50.1 Å². The Morgan fingerprint density at radius 3 is 2.96 bits per heavy atom. The first-order chi connectivity index (χ1) is 11.2. The molecule has 4 nitrogen and oxygen atoms in total. The van der Waals surface area contributed by atoms with Crippen molar-refractivity contribution in [2.24, 2.45) is 0 Å². The summed E-state index contributed by atoms with van der Waals surface area (Å²) in [6, 6.07) is 9.69. The number of carbonyl (C=O) groups excluding carboxylic acids is 1. The third-order valence-corrected chi connectivity index (χ3v) is 5.49. The monoisotopic (exact) mass is 340 g/mol. The maximum atomic E-state index is 12.5. The summed E-state index contributed by atoms with van der Waals surface area (Å²) < 4.78 is 5.73. The zero-order valence-corrected chi connectivity index (χ0v) is 13.9. The van der Waals surface area contributed by atoms with Crippen LogP contribution in [-0.2, 0) is 0 Å². The average molecular weight is 340 g/mol. The van der Waals surface area contributed by atoms with Gasteiger partial charge < -0.3 is 4.42 Å². The predicted molar refractivity (Wildman–Crippen MR) is 93.4 cm³/mol. The highest BCUT2D eigenvalue weighted by atomic mass is 32.2. The number of para-hydroxylation sites is 1. The van der Waals surface area contributed by atoms with Crippen LogP contribution in [-0.4, -0.2) is 21.5 Å². The van der Waals surface area contributed by atoms with Gasteiger partial charge in [-0.05, 0) is 24.4 Å². The Morgan fingerprint density at radius 1 is 1.22 bits per heavy atom. The highest BCUT2D eigenvalue weighted by Crippen LogP contribution is 2.30. The molecule has 1 aromatic carbocycles. The third kappa shape index (κ3) is 2.54. The zero-order valence-electron chi connectivity index (χ0n) is 12.3. The summed E-state index contributed by atoms with van der Waals surface area (Å²) in [5, 5.41) is 4.80. The van der Waals surface area contributed by atoms with Gasteiger partial charge in [-0.3, -0.25) is 4.79 Å². The van der Waals surface area contributed by atoms with E-state index in [0.717, 1.165) is 31.8 Å². The lowest BCUT2D eigenvalue weighted by Gasteiger charge is -2.01. The van der Waals surface area contributed by atoms with Gasteiger partial charge in [0.15, 0.2) is 5.76 Å². The largest absolute Gasteiger partial charge is 0.453 e. The van der Waals surface area contributed by atoms with Crippen LogP contribution >= 0.6 is 23.1 Å². The van der Waals surface area contributed by atoms with E-state index in [2.05, 4.69) is 9.97 Å². The van der Waals surface area contributed by atoms with E-state index in [4.69, 9.17) is 4.42 Å². The summed E-state index contributed by atoms with van der Waals surface area (Å²) in [5.41, 5.74) is 1.65. The second-order valence-corrected chi connectivity index (χ2v) is 6.94. The summed E-state index contributed by atoms with van der Waals surface area (Å²) in [5.74, 6) is 0.711. The number of hydrogen-bond acceptors (Lipinski definition) is 6. The summed E-state index contributed by atoms with van der Waals surface area (Å²) in [4.78, 5) is 22.0. The fraction of sp³-hybridized carbons (Fsp3) is 0.118. The van der Waals surface area contributed by atoms with Crippen LogP contribution in [0.5, 0.6) is 0 Å². The Bertz CT molecular complexity index is 1020. The van der Waals surface area contributed by atoms with Gasteiger partial charge in [0.25, 0.3) is 0 Å². The summed E-state index contributed by atoms with van der Waals surface area (Å²) in [6.45, 7) is 1.92. The molecule has 0 saturated carbocycles. The van der Waals surface area contributed by atoms with Crippen LogP contribution < -0.4 is 0 Å². The number of thioether (sulfide) groups is 1. The Balaban J connectivity index is 1.60. The molecular weight excluding hydrogens is 328 g/mol. The lowest BCUT2D eigenvalue weighted by atomic mass is 10.1. The number of aromatic nitrogens is 2. The molecule has 114 valence electrons. The first-order valence-electron chi connectivity index (χ1n) is 7.06. The lowest BCUT2D eigenvalue weighted by molar-refractivity contribution is 0.0993. The van der Waals surface area contributed by atoms with Crippen molar-refractivity contribution in [3.8, 4) is 0 Å². The van der Waals surface area contributed by atoms with Crippen molar-refractivity contribution in [2.45, 2.75) is 11.9 Å². The number of Topliss-reactive ketones (excluding diaryl/α,β-unsaturated/α-hetero) is 1. The number of ketones is 1. The highest BCUT2D eigenvalue weighted by Gasteiger charge is 2.18. The number of fused-ring (bicyclic) bond motifs is 2. The summed E-state index contributed by atoms with van der Waals surface area (Å²) >= 11 is 2.99. The molecule has 0 unspecified atom stereocenters. The average Bonchev–Trinajstić information content (AvgIpc) is 3.18. The molecular formula is C17H12N2O2S2. The smallest absolute Gasteiger partial charge is 0.208 e. The van der Waals surface area contributed by atoms with Crippen molar-refractivity contribution in [3.05, 3.63) is 53.4 Å². The lowest BCUT2D eigenvalue weighted by Crippen LogP contribution is -2.03. The number of thiophene rings is 1. The molecule has 0 bridgehead atoms. The van der Waals surface area contributed by atoms with E-state index in [1.807, 2.05) is 42.6 Å². The molecule has 4 aromatic rings. The minimum atomic E-state index is -0.0225. The maximum absolute atomic E-state index is 12.5. The van der Waals surface area contributed by atoms with Crippen LogP contribution in [0.25, 0.3) is 21.2 Å². The Hall–Kier alpha value is -2.18. The van der Waals surface area contributed by atoms with Crippen LogP contribution in [0.1, 0.15) is 16.1 Å². The molecule has 0 spiro atoms. The van der Waals surface area contributed by atoms with Gasteiger partial charge in [0, 0.05) is 16.3 Å². The number of aryl methyl sites for hydroxylation is 1. The van der Waals surface area contributed by atoms with E-state index in [-0.39, 0.29) is 5.78 Å². The normalized spacial score (nSPS) is 11.3. The van der Waals surface area contributed by atoms with Gasteiger partial charge in [-0.1, -0.05) is 30.0 Å². The van der Waals surface area contributed by atoms with Crippen LogP contribution in [0.3, 0.4) is 0 Å². The standard InChI is InChI=1S/C17H12N2O2S2/c1-10-11-4-2-3-5-14(11)21-15(10)13(20)8-23-17-12-6-7-22-16(12)18-9-19-17/h2-7,9H,8H2,1H3. The molecule has 3 heterocycles. The Labute approximate surface area is 140 Å². The molecule has 0 N–H and O–H groups in total. The number of benzene rings is 1. The van der Waals surface area contributed by atoms with Crippen LogP contribution in [0.2, 0.25) is 0 Å². The minimum absolute atomic E-state index is 0.0225. The topological polar surface area (TPSA) is 56.0 Å². The van der Waals surface area contributed by atoms with E-state index in [1.165, 1.54) is 18.1 Å². The Kier molecular flexibility index (Phi) is 3.63. The van der Waals surface area contributed by atoms with Gasteiger partial charge in [0.05, 0.1) is 5.75 Å². The molecule has 0 aliphatic carbocycles. The maximum Gasteiger partial charge on any atom is 0.208 e. The van der Waals surface area contributed by atoms with Gasteiger partial charge in [-0.25, -0.2) is 9.97 Å². The molecule has 23 heavy (non-hydrogen) atoms. The van der Waals surface area contributed by atoms with Gasteiger partial charge >= 0.3 is 0 Å². The fourth-order valence-electron chi connectivity index (χ4n) is 2.52. The zero-order chi connectivity index (χ0) is 15.8. The van der Waals surface area contributed by atoms with Crippen molar-refractivity contribution in [3.63, 3.8) is 0 Å². The summed E-state index contributed by atoms with van der Waals surface area (Å²) in [7, 11) is 0. The number of hydrogen-bond donors (Lipinski definition) is 0. The quantitative estimate of drug-likeness (QED) is 0.306. The molecule has 0 radical (unpaired) electrons. The molecule has 0 aliphatic heterocycles. The molecule has 6 heteroatoms. The molecule has 0 aliphatic rings. The summed E-state index contributed by atoms with van der Waals surface area (Å²) in [6.07, 6.45) is 1.54. The second-order valence-electron chi connectivity index (χ2n) is 5.08. The molecule has 0 saturated heterocycles. The fourth-order valence-corrected chi connectivity index (χ4v) is 4.16. The van der Waals surface area contributed by atoms with E-state index < -0.39 is 0 Å². The number of rotatable bonds is 4. The molecule has 4 rings (SSSR count).